The van der Waals surface area contributed by atoms with Crippen molar-refractivity contribution in [2.75, 3.05) is 6.54 Å². The minimum absolute atomic E-state index is 0.748. The maximum atomic E-state index is 3.39. The average Bonchev–Trinajstić information content (AvgIpc) is 1.99. The Morgan fingerprint density at radius 3 is 2.55 bits per heavy atom. The molecule has 1 fully saturated rings. The van der Waals surface area contributed by atoms with Crippen molar-refractivity contribution in [3.8, 4) is 0 Å². The molecule has 58 valence electrons. The van der Waals surface area contributed by atoms with Gasteiger partial charge in [-0.05, 0) is 24.9 Å². The van der Waals surface area contributed by atoms with Gasteiger partial charge in [0.2, 0.25) is 0 Å². The van der Waals surface area contributed by atoms with E-state index in [1.807, 2.05) is 0 Å². The summed E-state index contributed by atoms with van der Waals surface area (Å²) in [6, 6.07) is 11.4. The molecule has 1 aliphatic rings. The molecule has 0 aliphatic carbocycles. The molecule has 1 nitrogen and oxygen atoms in total. The molecule has 0 radical (unpaired) electrons. The Balaban J connectivity index is 1.95. The van der Waals surface area contributed by atoms with Crippen molar-refractivity contribution in [1.82, 2.24) is 5.32 Å². The van der Waals surface area contributed by atoms with Gasteiger partial charge in [0.05, 0.1) is 0 Å². The zero-order valence-electron chi connectivity index (χ0n) is 6.59. The predicted octanol–water partition coefficient (Wildman–Crippen LogP) is 1.59. The lowest BCUT2D eigenvalue weighted by atomic mass is 9.98. The Hall–Kier alpha value is -0.820. The van der Waals surface area contributed by atoms with Gasteiger partial charge >= 0.3 is 0 Å². The van der Waals surface area contributed by atoms with E-state index < -0.39 is 0 Å². The van der Waals surface area contributed by atoms with Gasteiger partial charge in [0, 0.05) is 6.04 Å². The van der Waals surface area contributed by atoms with E-state index in [1.165, 1.54) is 24.9 Å². The fraction of sp³-hybridized carbons (Fsp3) is 0.400. The zero-order valence-corrected chi connectivity index (χ0v) is 6.59. The van der Waals surface area contributed by atoms with Crippen LogP contribution in [-0.2, 0) is 6.42 Å². The molecular formula is C10H13N. The maximum absolute atomic E-state index is 3.39. The van der Waals surface area contributed by atoms with Crippen molar-refractivity contribution in [3.05, 3.63) is 35.9 Å². The van der Waals surface area contributed by atoms with Crippen LogP contribution < -0.4 is 5.32 Å². The first-order chi connectivity index (χ1) is 5.45. The Bertz CT molecular complexity index is 214. The first kappa shape index (κ1) is 6.86. The standard InChI is InChI=1S/C10H13N/c1-2-4-9(5-3-1)8-10-6-7-11-10/h1-5,10-11H,6-8H2/t10-/m1/s1. The molecule has 1 heterocycles. The summed E-state index contributed by atoms with van der Waals surface area (Å²) in [7, 11) is 0. The summed E-state index contributed by atoms with van der Waals surface area (Å²) in [6.45, 7) is 1.21. The molecule has 0 aromatic heterocycles. The van der Waals surface area contributed by atoms with Crippen LogP contribution in [0.15, 0.2) is 30.3 Å². The zero-order chi connectivity index (χ0) is 7.52. The van der Waals surface area contributed by atoms with Gasteiger partial charge in [-0.25, -0.2) is 0 Å². The number of rotatable bonds is 2. The molecule has 1 aromatic carbocycles. The molecule has 1 N–H and O–H groups in total. The van der Waals surface area contributed by atoms with Crippen LogP contribution in [0.4, 0.5) is 0 Å². The highest BCUT2D eigenvalue weighted by Crippen LogP contribution is 2.09. The summed E-state index contributed by atoms with van der Waals surface area (Å²) in [5, 5.41) is 3.39. The highest BCUT2D eigenvalue weighted by atomic mass is 15.0. The fourth-order valence-corrected chi connectivity index (χ4v) is 1.42. The molecule has 2 rings (SSSR count). The number of benzene rings is 1. The Kier molecular flexibility index (Phi) is 1.91. The summed E-state index contributed by atoms with van der Waals surface area (Å²) >= 11 is 0. The van der Waals surface area contributed by atoms with E-state index in [-0.39, 0.29) is 0 Å². The Morgan fingerprint density at radius 1 is 1.27 bits per heavy atom. The predicted molar refractivity (Wildman–Crippen MR) is 46.6 cm³/mol. The van der Waals surface area contributed by atoms with Crippen molar-refractivity contribution >= 4 is 0 Å². The van der Waals surface area contributed by atoms with Crippen LogP contribution in [0.1, 0.15) is 12.0 Å². The summed E-state index contributed by atoms with van der Waals surface area (Å²) in [6.07, 6.45) is 2.54. The van der Waals surface area contributed by atoms with Crippen LogP contribution in [-0.4, -0.2) is 12.6 Å². The molecule has 1 aliphatic heterocycles. The molecule has 0 unspecified atom stereocenters. The lowest BCUT2D eigenvalue weighted by Crippen LogP contribution is -2.44. The van der Waals surface area contributed by atoms with Crippen LogP contribution in [0.3, 0.4) is 0 Å². The lowest BCUT2D eigenvalue weighted by molar-refractivity contribution is 0.369. The first-order valence-corrected chi connectivity index (χ1v) is 4.22. The molecule has 0 saturated carbocycles. The SMILES string of the molecule is c1ccc(C[C@H]2CCN2)cc1. The van der Waals surface area contributed by atoms with Gasteiger partial charge in [0.25, 0.3) is 0 Å². The second kappa shape index (κ2) is 3.05. The van der Waals surface area contributed by atoms with Crippen LogP contribution in [0.5, 0.6) is 0 Å². The molecule has 1 aromatic rings. The minimum Gasteiger partial charge on any atom is -0.314 e. The highest BCUT2D eigenvalue weighted by molar-refractivity contribution is 5.16. The quantitative estimate of drug-likeness (QED) is 0.670. The molecule has 1 heteroatoms. The lowest BCUT2D eigenvalue weighted by Gasteiger charge is -2.27. The molecule has 1 atom stereocenters. The second-order valence-electron chi connectivity index (χ2n) is 3.13. The van der Waals surface area contributed by atoms with E-state index in [4.69, 9.17) is 0 Å². The number of hydrogen-bond acceptors (Lipinski definition) is 1. The minimum atomic E-state index is 0.748. The van der Waals surface area contributed by atoms with E-state index in [9.17, 15) is 0 Å². The Morgan fingerprint density at radius 2 is 2.00 bits per heavy atom. The van der Waals surface area contributed by atoms with E-state index in [2.05, 4.69) is 35.6 Å². The monoisotopic (exact) mass is 147 g/mol. The largest absolute Gasteiger partial charge is 0.314 e. The van der Waals surface area contributed by atoms with Crippen LogP contribution in [0.2, 0.25) is 0 Å². The van der Waals surface area contributed by atoms with Gasteiger partial charge in [-0.3, -0.25) is 0 Å². The molecule has 0 amide bonds. The van der Waals surface area contributed by atoms with Crippen molar-refractivity contribution in [2.24, 2.45) is 0 Å². The molecule has 0 spiro atoms. The molecule has 11 heavy (non-hydrogen) atoms. The van der Waals surface area contributed by atoms with E-state index in [0.29, 0.717) is 0 Å². The van der Waals surface area contributed by atoms with Crippen molar-refractivity contribution in [1.29, 1.82) is 0 Å². The molecular weight excluding hydrogens is 134 g/mol. The van der Waals surface area contributed by atoms with Gasteiger partial charge in [0.15, 0.2) is 0 Å². The van der Waals surface area contributed by atoms with Crippen molar-refractivity contribution in [3.63, 3.8) is 0 Å². The topological polar surface area (TPSA) is 12.0 Å². The Labute approximate surface area is 67.4 Å². The third-order valence-corrected chi connectivity index (χ3v) is 2.25. The third-order valence-electron chi connectivity index (χ3n) is 2.25. The van der Waals surface area contributed by atoms with E-state index in [0.717, 1.165) is 6.04 Å². The summed E-state index contributed by atoms with van der Waals surface area (Å²) in [4.78, 5) is 0. The van der Waals surface area contributed by atoms with Crippen LogP contribution >= 0.6 is 0 Å². The van der Waals surface area contributed by atoms with Crippen LogP contribution in [0, 0.1) is 0 Å². The summed E-state index contributed by atoms with van der Waals surface area (Å²) in [5.74, 6) is 0. The number of hydrogen-bond donors (Lipinski definition) is 1. The van der Waals surface area contributed by atoms with Gasteiger partial charge in [-0.15, -0.1) is 0 Å². The normalized spacial score (nSPS) is 22.7. The van der Waals surface area contributed by atoms with E-state index >= 15 is 0 Å². The van der Waals surface area contributed by atoms with E-state index in [1.54, 1.807) is 0 Å². The van der Waals surface area contributed by atoms with Gasteiger partial charge in [-0.2, -0.15) is 0 Å². The average molecular weight is 147 g/mol. The van der Waals surface area contributed by atoms with Crippen molar-refractivity contribution in [2.45, 2.75) is 18.9 Å². The summed E-state index contributed by atoms with van der Waals surface area (Å²) < 4.78 is 0. The maximum Gasteiger partial charge on any atom is 0.0120 e. The van der Waals surface area contributed by atoms with Gasteiger partial charge < -0.3 is 5.32 Å². The van der Waals surface area contributed by atoms with Crippen LogP contribution in [0.25, 0.3) is 0 Å². The molecule has 1 saturated heterocycles. The number of nitrogens with one attached hydrogen (secondary N) is 1. The van der Waals surface area contributed by atoms with Gasteiger partial charge in [0.1, 0.15) is 0 Å². The summed E-state index contributed by atoms with van der Waals surface area (Å²) in [5.41, 5.74) is 1.45. The smallest absolute Gasteiger partial charge is 0.0120 e. The third kappa shape index (κ3) is 1.60. The highest BCUT2D eigenvalue weighted by Gasteiger charge is 2.15. The van der Waals surface area contributed by atoms with Gasteiger partial charge in [-0.1, -0.05) is 30.3 Å². The molecule has 0 bridgehead atoms. The fourth-order valence-electron chi connectivity index (χ4n) is 1.42. The van der Waals surface area contributed by atoms with Crippen molar-refractivity contribution < 1.29 is 0 Å². The first-order valence-electron chi connectivity index (χ1n) is 4.22. The second-order valence-corrected chi connectivity index (χ2v) is 3.13.